The second-order valence-electron chi connectivity index (χ2n) is 5.61. The lowest BCUT2D eigenvalue weighted by Gasteiger charge is -2.20. The molecule has 0 saturated carbocycles. The van der Waals surface area contributed by atoms with Crippen LogP contribution in [0, 0.1) is 10.1 Å². The Morgan fingerprint density at radius 1 is 1.29 bits per heavy atom. The Kier molecular flexibility index (Phi) is 5.20. The third-order valence-corrected chi connectivity index (χ3v) is 5.37. The van der Waals surface area contributed by atoms with E-state index in [4.69, 9.17) is 4.42 Å². The lowest BCUT2D eigenvalue weighted by Crippen LogP contribution is -2.34. The van der Waals surface area contributed by atoms with Gasteiger partial charge in [0.15, 0.2) is 0 Å². The third kappa shape index (κ3) is 3.79. The predicted octanol–water partition coefficient (Wildman–Crippen LogP) is 3.44. The van der Waals surface area contributed by atoms with Crippen LogP contribution < -0.4 is 0 Å². The van der Waals surface area contributed by atoms with Crippen LogP contribution >= 0.6 is 11.8 Å². The van der Waals surface area contributed by atoms with Crippen molar-refractivity contribution >= 4 is 23.4 Å². The van der Waals surface area contributed by atoms with Crippen molar-refractivity contribution in [2.75, 3.05) is 18.8 Å². The number of thioether (sulfide) groups is 1. The molecule has 3 rings (SSSR count). The molecule has 1 unspecified atom stereocenters. The zero-order valence-electron chi connectivity index (χ0n) is 13.1. The number of para-hydroxylation sites is 1. The minimum absolute atomic E-state index is 0.00325. The van der Waals surface area contributed by atoms with Crippen LogP contribution in [0.15, 0.2) is 47.1 Å². The molecule has 1 aromatic carbocycles. The van der Waals surface area contributed by atoms with Gasteiger partial charge in [0.25, 0.3) is 5.69 Å². The molecule has 0 N–H and O–H groups in total. The summed E-state index contributed by atoms with van der Waals surface area (Å²) in [5.41, 5.74) is 0.468. The first kappa shape index (κ1) is 16.6. The molecule has 7 heteroatoms. The summed E-state index contributed by atoms with van der Waals surface area (Å²) < 4.78 is 5.46. The number of nitrogens with zero attached hydrogens (tertiary/aromatic N) is 2. The van der Waals surface area contributed by atoms with Gasteiger partial charge < -0.3 is 9.32 Å². The average molecular weight is 346 g/mol. The standard InChI is InChI=1S/C17H18N2O4S/c20-17(12-13-4-1-2-5-14(13)19(21)22)18-8-7-16(24-11-9-18)15-6-3-10-23-15/h1-6,10,16H,7-9,11-12H2. The van der Waals surface area contributed by atoms with Crippen LogP contribution in [-0.4, -0.2) is 34.6 Å². The van der Waals surface area contributed by atoms with Crippen LogP contribution in [0.25, 0.3) is 0 Å². The van der Waals surface area contributed by atoms with Gasteiger partial charge in [-0.1, -0.05) is 18.2 Å². The molecule has 1 atom stereocenters. The van der Waals surface area contributed by atoms with Gasteiger partial charge in [0.05, 0.1) is 22.9 Å². The Labute approximate surface area is 144 Å². The largest absolute Gasteiger partial charge is 0.468 e. The molecule has 24 heavy (non-hydrogen) atoms. The summed E-state index contributed by atoms with van der Waals surface area (Å²) in [5, 5.41) is 11.3. The second-order valence-corrected chi connectivity index (χ2v) is 6.92. The van der Waals surface area contributed by atoms with Gasteiger partial charge in [-0.2, -0.15) is 0 Å². The van der Waals surface area contributed by atoms with Crippen molar-refractivity contribution in [2.24, 2.45) is 0 Å². The molecule has 1 aliphatic rings. The van der Waals surface area contributed by atoms with Crippen LogP contribution in [-0.2, 0) is 11.2 Å². The minimum Gasteiger partial charge on any atom is -0.468 e. The molecule has 1 aliphatic heterocycles. The molecule has 0 radical (unpaired) electrons. The van der Waals surface area contributed by atoms with Crippen LogP contribution in [0.1, 0.15) is 23.0 Å². The summed E-state index contributed by atoms with van der Waals surface area (Å²) in [6.45, 7) is 1.29. The third-order valence-electron chi connectivity index (χ3n) is 4.08. The van der Waals surface area contributed by atoms with Crippen molar-refractivity contribution in [1.82, 2.24) is 4.90 Å². The van der Waals surface area contributed by atoms with Gasteiger partial charge in [-0.25, -0.2) is 0 Å². The lowest BCUT2D eigenvalue weighted by molar-refractivity contribution is -0.385. The Morgan fingerprint density at radius 3 is 2.88 bits per heavy atom. The summed E-state index contributed by atoms with van der Waals surface area (Å²) in [6, 6.07) is 10.3. The van der Waals surface area contributed by atoms with Gasteiger partial charge in [0.1, 0.15) is 5.76 Å². The molecule has 1 amide bonds. The summed E-state index contributed by atoms with van der Waals surface area (Å²) in [4.78, 5) is 25.0. The fraction of sp³-hybridized carbons (Fsp3) is 0.353. The zero-order valence-corrected chi connectivity index (χ0v) is 13.9. The highest BCUT2D eigenvalue weighted by Gasteiger charge is 2.25. The molecule has 1 fully saturated rings. The van der Waals surface area contributed by atoms with E-state index >= 15 is 0 Å². The molecule has 0 aliphatic carbocycles. The molecule has 2 heterocycles. The highest BCUT2D eigenvalue weighted by Crippen LogP contribution is 2.34. The monoisotopic (exact) mass is 346 g/mol. The normalized spacial score (nSPS) is 18.2. The van der Waals surface area contributed by atoms with Crippen LogP contribution in [0.4, 0.5) is 5.69 Å². The number of hydrogen-bond acceptors (Lipinski definition) is 5. The Balaban J connectivity index is 1.65. The molecule has 126 valence electrons. The number of nitro groups is 1. The minimum atomic E-state index is -0.437. The van der Waals surface area contributed by atoms with Gasteiger partial charge in [-0.3, -0.25) is 14.9 Å². The number of benzene rings is 1. The number of nitro benzene ring substituents is 1. The van der Waals surface area contributed by atoms with E-state index in [-0.39, 0.29) is 23.3 Å². The van der Waals surface area contributed by atoms with Crippen LogP contribution in [0.3, 0.4) is 0 Å². The van der Waals surface area contributed by atoms with Crippen LogP contribution in [0.5, 0.6) is 0 Å². The number of carbonyl (C=O) groups excluding carboxylic acids is 1. The first-order valence-corrected chi connectivity index (χ1v) is 8.85. The van der Waals surface area contributed by atoms with Gasteiger partial charge in [-0.05, 0) is 18.6 Å². The Hall–Kier alpha value is -2.28. The van der Waals surface area contributed by atoms with E-state index in [1.54, 1.807) is 41.1 Å². The summed E-state index contributed by atoms with van der Waals surface area (Å²) in [6.07, 6.45) is 2.55. The smallest absolute Gasteiger partial charge is 0.273 e. The first-order chi connectivity index (χ1) is 11.6. The molecule has 1 saturated heterocycles. The molecule has 0 bridgehead atoms. The lowest BCUT2D eigenvalue weighted by atomic mass is 10.1. The van der Waals surface area contributed by atoms with E-state index in [0.717, 1.165) is 17.9 Å². The van der Waals surface area contributed by atoms with Crippen molar-refractivity contribution in [2.45, 2.75) is 18.1 Å². The first-order valence-electron chi connectivity index (χ1n) is 7.80. The van der Waals surface area contributed by atoms with Crippen molar-refractivity contribution in [3.05, 3.63) is 64.1 Å². The van der Waals surface area contributed by atoms with E-state index in [9.17, 15) is 14.9 Å². The molecule has 6 nitrogen and oxygen atoms in total. The summed E-state index contributed by atoms with van der Waals surface area (Å²) in [5.74, 6) is 1.70. The number of rotatable bonds is 4. The summed E-state index contributed by atoms with van der Waals surface area (Å²) >= 11 is 1.78. The maximum atomic E-state index is 12.6. The van der Waals surface area contributed by atoms with Gasteiger partial charge in [0.2, 0.25) is 5.91 Å². The quantitative estimate of drug-likeness (QED) is 0.626. The highest BCUT2D eigenvalue weighted by molar-refractivity contribution is 7.99. The maximum Gasteiger partial charge on any atom is 0.273 e. The fourth-order valence-corrected chi connectivity index (χ4v) is 4.02. The highest BCUT2D eigenvalue weighted by atomic mass is 32.2. The van der Waals surface area contributed by atoms with E-state index in [1.807, 2.05) is 12.1 Å². The Morgan fingerprint density at radius 2 is 2.12 bits per heavy atom. The van der Waals surface area contributed by atoms with E-state index in [0.29, 0.717) is 18.7 Å². The topological polar surface area (TPSA) is 76.6 Å². The van der Waals surface area contributed by atoms with Gasteiger partial charge in [0, 0.05) is 30.5 Å². The van der Waals surface area contributed by atoms with Crippen molar-refractivity contribution in [1.29, 1.82) is 0 Å². The van der Waals surface area contributed by atoms with E-state index in [1.165, 1.54) is 6.07 Å². The Bertz CT molecular complexity index is 717. The van der Waals surface area contributed by atoms with Crippen molar-refractivity contribution < 1.29 is 14.1 Å². The van der Waals surface area contributed by atoms with Crippen molar-refractivity contribution in [3.63, 3.8) is 0 Å². The maximum absolute atomic E-state index is 12.6. The number of furan rings is 1. The number of amides is 1. The molecule has 0 spiro atoms. The second kappa shape index (κ2) is 7.53. The number of hydrogen-bond donors (Lipinski definition) is 0. The van der Waals surface area contributed by atoms with E-state index < -0.39 is 4.92 Å². The fourth-order valence-electron chi connectivity index (χ4n) is 2.83. The summed E-state index contributed by atoms with van der Waals surface area (Å²) in [7, 11) is 0. The SMILES string of the molecule is O=C(Cc1ccccc1[N+](=O)[O-])N1CCSC(c2ccco2)CC1. The average Bonchev–Trinajstić information content (AvgIpc) is 2.99. The van der Waals surface area contributed by atoms with Crippen LogP contribution in [0.2, 0.25) is 0 Å². The predicted molar refractivity (Wildman–Crippen MR) is 91.9 cm³/mol. The van der Waals surface area contributed by atoms with Crippen molar-refractivity contribution in [3.8, 4) is 0 Å². The molecular weight excluding hydrogens is 328 g/mol. The molecule has 1 aromatic heterocycles. The van der Waals surface area contributed by atoms with Gasteiger partial charge in [-0.15, -0.1) is 11.8 Å². The molecular formula is C17H18N2O4S. The van der Waals surface area contributed by atoms with Gasteiger partial charge >= 0.3 is 0 Å². The molecule has 2 aromatic rings. The number of carbonyl (C=O) groups is 1. The zero-order chi connectivity index (χ0) is 16.9. The van der Waals surface area contributed by atoms with E-state index in [2.05, 4.69) is 0 Å².